The molecule has 31 heavy (non-hydrogen) atoms. The van der Waals surface area contributed by atoms with Crippen molar-refractivity contribution in [1.29, 1.82) is 0 Å². The van der Waals surface area contributed by atoms with Gasteiger partial charge in [0.2, 0.25) is 0 Å². The van der Waals surface area contributed by atoms with E-state index in [2.05, 4.69) is 22.9 Å². The summed E-state index contributed by atoms with van der Waals surface area (Å²) in [4.78, 5) is 13.1. The summed E-state index contributed by atoms with van der Waals surface area (Å²) in [7, 11) is 0. The van der Waals surface area contributed by atoms with E-state index in [0.717, 1.165) is 24.0 Å². The Kier molecular flexibility index (Phi) is 8.18. The normalized spacial score (nSPS) is 15.9. The minimum Gasteiger partial charge on any atom is -0.490 e. The lowest BCUT2D eigenvalue weighted by atomic mass is 9.94. The van der Waals surface area contributed by atoms with Crippen LogP contribution in [0.3, 0.4) is 0 Å². The second-order valence-corrected chi connectivity index (χ2v) is 8.48. The van der Waals surface area contributed by atoms with Gasteiger partial charge in [-0.1, -0.05) is 66.9 Å². The quantitative estimate of drug-likeness (QED) is 0.356. The summed E-state index contributed by atoms with van der Waals surface area (Å²) >= 11 is 18.3. The van der Waals surface area contributed by atoms with Crippen molar-refractivity contribution in [2.24, 2.45) is 0 Å². The van der Waals surface area contributed by atoms with Crippen LogP contribution in [-0.4, -0.2) is 17.6 Å². The minimum atomic E-state index is -0.496. The highest BCUT2D eigenvalue weighted by atomic mass is 35.5. The van der Waals surface area contributed by atoms with Gasteiger partial charge in [0.1, 0.15) is 0 Å². The van der Waals surface area contributed by atoms with E-state index in [1.807, 2.05) is 37.3 Å². The predicted octanol–water partition coefficient (Wildman–Crippen LogP) is 5.28. The van der Waals surface area contributed by atoms with Crippen LogP contribution in [0.25, 0.3) is 0 Å². The van der Waals surface area contributed by atoms with Gasteiger partial charge >= 0.3 is 0 Å². The first-order chi connectivity index (χ1) is 14.9. The standard InChI is InChI=1S/C23H25Cl2N3O2S/c1-3-4-10-30-21-17(24)11-16(12-18(21)25)20-19(14(2)27-23(31)28-20)22(29)26-13-15-8-6-5-7-9-15/h5-9,11-12,20H,3-4,10,13H2,1-2H3,(H,26,29)(H2,27,28,31)/t20-/m1/s1. The molecule has 1 amide bonds. The van der Waals surface area contributed by atoms with Crippen molar-refractivity contribution in [3.05, 3.63) is 74.9 Å². The van der Waals surface area contributed by atoms with E-state index in [0.29, 0.717) is 45.3 Å². The molecule has 0 bridgehead atoms. The molecule has 3 rings (SSSR count). The Bertz CT molecular complexity index is 973. The highest BCUT2D eigenvalue weighted by Gasteiger charge is 2.30. The molecule has 1 atom stereocenters. The molecule has 0 aliphatic carbocycles. The van der Waals surface area contributed by atoms with Gasteiger partial charge in [0.05, 0.1) is 28.3 Å². The molecule has 1 heterocycles. The second kappa shape index (κ2) is 10.8. The molecule has 3 N–H and O–H groups in total. The van der Waals surface area contributed by atoms with Crippen LogP contribution in [0.4, 0.5) is 0 Å². The molecule has 0 fully saturated rings. The number of carbonyl (C=O) groups is 1. The Labute approximate surface area is 198 Å². The monoisotopic (exact) mass is 477 g/mol. The fourth-order valence-corrected chi connectivity index (χ4v) is 4.20. The number of ether oxygens (including phenoxy) is 1. The Morgan fingerprint density at radius 3 is 2.52 bits per heavy atom. The van der Waals surface area contributed by atoms with E-state index in [1.54, 1.807) is 12.1 Å². The van der Waals surface area contributed by atoms with Crippen molar-refractivity contribution in [2.75, 3.05) is 6.61 Å². The van der Waals surface area contributed by atoms with Crippen molar-refractivity contribution < 1.29 is 9.53 Å². The lowest BCUT2D eigenvalue weighted by Crippen LogP contribution is -2.46. The molecule has 0 saturated heterocycles. The number of nitrogens with one attached hydrogen (secondary N) is 3. The number of unbranched alkanes of at least 4 members (excludes halogenated alkanes) is 1. The van der Waals surface area contributed by atoms with Gasteiger partial charge in [0.15, 0.2) is 10.9 Å². The average molecular weight is 478 g/mol. The zero-order valence-corrected chi connectivity index (χ0v) is 19.8. The number of thiocarbonyl (C=S) groups is 1. The minimum absolute atomic E-state index is 0.204. The summed E-state index contributed by atoms with van der Waals surface area (Å²) in [5.41, 5.74) is 2.94. The van der Waals surface area contributed by atoms with Crippen LogP contribution in [0.1, 0.15) is 43.9 Å². The predicted molar refractivity (Wildman–Crippen MR) is 129 cm³/mol. The Hall–Kier alpha value is -2.28. The molecule has 1 aliphatic heterocycles. The topological polar surface area (TPSA) is 62.4 Å². The lowest BCUT2D eigenvalue weighted by Gasteiger charge is -2.30. The van der Waals surface area contributed by atoms with E-state index in [1.165, 1.54) is 0 Å². The lowest BCUT2D eigenvalue weighted by molar-refractivity contribution is -0.118. The van der Waals surface area contributed by atoms with Crippen LogP contribution in [-0.2, 0) is 11.3 Å². The highest BCUT2D eigenvalue weighted by molar-refractivity contribution is 7.80. The largest absolute Gasteiger partial charge is 0.490 e. The van der Waals surface area contributed by atoms with Gasteiger partial charge in [-0.15, -0.1) is 0 Å². The Balaban J connectivity index is 1.86. The zero-order chi connectivity index (χ0) is 22.4. The van der Waals surface area contributed by atoms with Gasteiger partial charge in [-0.05, 0) is 48.8 Å². The summed E-state index contributed by atoms with van der Waals surface area (Å²) < 4.78 is 5.74. The summed E-state index contributed by atoms with van der Waals surface area (Å²) in [6, 6.07) is 12.8. The molecule has 0 aromatic heterocycles. The maximum Gasteiger partial charge on any atom is 0.251 e. The number of benzene rings is 2. The molecule has 0 unspecified atom stereocenters. The third-order valence-electron chi connectivity index (χ3n) is 4.91. The number of hydrogen-bond donors (Lipinski definition) is 3. The molecular formula is C23H25Cl2N3O2S. The highest BCUT2D eigenvalue weighted by Crippen LogP contribution is 2.38. The molecule has 2 aromatic carbocycles. The number of allylic oxidation sites excluding steroid dienone is 1. The molecule has 1 aliphatic rings. The van der Waals surface area contributed by atoms with E-state index in [4.69, 9.17) is 40.2 Å². The van der Waals surface area contributed by atoms with E-state index in [-0.39, 0.29) is 5.91 Å². The third-order valence-corrected chi connectivity index (χ3v) is 5.69. The molecular weight excluding hydrogens is 453 g/mol. The summed E-state index contributed by atoms with van der Waals surface area (Å²) in [5.74, 6) is 0.247. The summed E-state index contributed by atoms with van der Waals surface area (Å²) in [5, 5.41) is 10.4. The molecule has 164 valence electrons. The van der Waals surface area contributed by atoms with Crippen molar-refractivity contribution in [2.45, 2.75) is 39.3 Å². The van der Waals surface area contributed by atoms with Crippen molar-refractivity contribution >= 4 is 46.4 Å². The van der Waals surface area contributed by atoms with Crippen LogP contribution in [0, 0.1) is 0 Å². The van der Waals surface area contributed by atoms with E-state index >= 15 is 0 Å². The van der Waals surface area contributed by atoms with Gasteiger partial charge in [0.25, 0.3) is 5.91 Å². The van der Waals surface area contributed by atoms with Crippen LogP contribution in [0.2, 0.25) is 10.0 Å². The third kappa shape index (κ3) is 5.91. The van der Waals surface area contributed by atoms with Crippen LogP contribution >= 0.6 is 35.4 Å². The molecule has 8 heteroatoms. The van der Waals surface area contributed by atoms with E-state index in [9.17, 15) is 4.79 Å². The summed E-state index contributed by atoms with van der Waals surface area (Å²) in [6.07, 6.45) is 1.92. The first-order valence-electron chi connectivity index (χ1n) is 10.1. The number of halogens is 2. The molecule has 2 aromatic rings. The van der Waals surface area contributed by atoms with Crippen molar-refractivity contribution in [3.8, 4) is 5.75 Å². The smallest absolute Gasteiger partial charge is 0.251 e. The number of carbonyl (C=O) groups excluding carboxylic acids is 1. The Morgan fingerprint density at radius 1 is 1.19 bits per heavy atom. The summed E-state index contributed by atoms with van der Waals surface area (Å²) in [6.45, 7) is 4.86. The molecule has 0 radical (unpaired) electrons. The van der Waals surface area contributed by atoms with Crippen LogP contribution in [0.5, 0.6) is 5.75 Å². The van der Waals surface area contributed by atoms with Gasteiger partial charge in [-0.25, -0.2) is 0 Å². The number of hydrogen-bond acceptors (Lipinski definition) is 3. The maximum absolute atomic E-state index is 13.1. The SMILES string of the molecule is CCCCOc1c(Cl)cc([C@H]2NC(=S)NC(C)=C2C(=O)NCc2ccccc2)cc1Cl. The van der Waals surface area contributed by atoms with E-state index < -0.39 is 6.04 Å². The first kappa shape index (κ1) is 23.4. The second-order valence-electron chi connectivity index (χ2n) is 7.25. The van der Waals surface area contributed by atoms with Gasteiger partial charge in [-0.2, -0.15) is 0 Å². The maximum atomic E-state index is 13.1. The Morgan fingerprint density at radius 2 is 1.87 bits per heavy atom. The van der Waals surface area contributed by atoms with Gasteiger partial charge in [0, 0.05) is 12.2 Å². The van der Waals surface area contributed by atoms with Gasteiger partial charge in [-0.3, -0.25) is 4.79 Å². The fraction of sp³-hybridized carbons (Fsp3) is 0.304. The van der Waals surface area contributed by atoms with Gasteiger partial charge < -0.3 is 20.7 Å². The number of amides is 1. The zero-order valence-electron chi connectivity index (χ0n) is 17.4. The fourth-order valence-electron chi connectivity index (χ4n) is 3.32. The van der Waals surface area contributed by atoms with Crippen LogP contribution < -0.4 is 20.7 Å². The van der Waals surface area contributed by atoms with Crippen molar-refractivity contribution in [3.63, 3.8) is 0 Å². The number of rotatable bonds is 8. The first-order valence-corrected chi connectivity index (χ1v) is 11.3. The molecule has 5 nitrogen and oxygen atoms in total. The average Bonchev–Trinajstić information content (AvgIpc) is 2.74. The molecule has 0 spiro atoms. The van der Waals surface area contributed by atoms with Crippen molar-refractivity contribution in [1.82, 2.24) is 16.0 Å². The molecule has 0 saturated carbocycles. The van der Waals surface area contributed by atoms with Crippen LogP contribution in [0.15, 0.2) is 53.7 Å².